The third kappa shape index (κ3) is 29.2. The van der Waals surface area contributed by atoms with Crippen LogP contribution in [-0.4, -0.2) is 23.0 Å². The fraction of sp³-hybridized carbons (Fsp3) is 0.667. The number of allylic oxidation sites excluding steroid dienone is 4. The molecule has 0 heterocycles. The summed E-state index contributed by atoms with van der Waals surface area (Å²) < 4.78 is 11.2. The zero-order valence-electron chi connectivity index (χ0n) is 32.5. The van der Waals surface area contributed by atoms with E-state index in [0.29, 0.717) is 12.0 Å². The van der Waals surface area contributed by atoms with Gasteiger partial charge in [-0.25, -0.2) is 4.79 Å². The lowest BCUT2D eigenvalue weighted by atomic mass is 10.1. The molecule has 0 unspecified atom stereocenters. The average molecular weight is 709 g/mol. The summed E-state index contributed by atoms with van der Waals surface area (Å²) in [6, 6.07) is 4.75. The number of benzene rings is 1. The number of carbonyl (C=O) groups is 3. The van der Waals surface area contributed by atoms with Gasteiger partial charge in [0.25, 0.3) is 0 Å². The molecule has 0 saturated heterocycles. The molecular formula is C45H72O6. The number of carboxylic acids is 1. The zero-order valence-corrected chi connectivity index (χ0v) is 32.5. The Balaban J connectivity index is 2.32. The molecule has 1 aromatic rings. The van der Waals surface area contributed by atoms with E-state index in [1.807, 2.05) is 0 Å². The van der Waals surface area contributed by atoms with Gasteiger partial charge in [-0.3, -0.25) is 9.59 Å². The van der Waals surface area contributed by atoms with E-state index in [2.05, 4.69) is 38.2 Å². The van der Waals surface area contributed by atoms with Crippen LogP contribution < -0.4 is 9.47 Å². The van der Waals surface area contributed by atoms with Gasteiger partial charge in [0.05, 0.1) is 0 Å². The second kappa shape index (κ2) is 34.0. The molecule has 0 bridgehead atoms. The van der Waals surface area contributed by atoms with Crippen molar-refractivity contribution in [3.05, 3.63) is 54.1 Å². The van der Waals surface area contributed by atoms with Gasteiger partial charge in [-0.2, -0.15) is 0 Å². The van der Waals surface area contributed by atoms with Gasteiger partial charge in [-0.05, 0) is 88.0 Å². The van der Waals surface area contributed by atoms with Gasteiger partial charge in [0, 0.05) is 18.9 Å². The van der Waals surface area contributed by atoms with E-state index in [0.717, 1.165) is 70.3 Å². The summed E-state index contributed by atoms with van der Waals surface area (Å²) in [7, 11) is 0. The SMILES string of the molecule is CCCCCCCCC=CCCCCCCCC(=O)Oc1ccc(/C=C/C(=O)O)cc1OC(=O)CCCCCCC/C=C\CCCCCCCC. The first kappa shape index (κ1) is 45.9. The van der Waals surface area contributed by atoms with E-state index >= 15 is 0 Å². The molecule has 6 nitrogen and oxygen atoms in total. The predicted molar refractivity (Wildman–Crippen MR) is 213 cm³/mol. The number of rotatable bonds is 34. The van der Waals surface area contributed by atoms with Crippen LogP contribution in [0.15, 0.2) is 48.6 Å². The summed E-state index contributed by atoms with van der Waals surface area (Å²) in [5, 5.41) is 9.01. The molecule has 51 heavy (non-hydrogen) atoms. The highest BCUT2D eigenvalue weighted by molar-refractivity contribution is 5.85. The Morgan fingerprint density at radius 2 is 0.882 bits per heavy atom. The Labute approximate surface area is 311 Å². The highest BCUT2D eigenvalue weighted by atomic mass is 16.6. The summed E-state index contributed by atoms with van der Waals surface area (Å²) in [6.07, 6.45) is 43.1. The summed E-state index contributed by atoms with van der Waals surface area (Å²) >= 11 is 0. The van der Waals surface area contributed by atoms with Crippen molar-refractivity contribution in [3.63, 3.8) is 0 Å². The maximum atomic E-state index is 12.7. The van der Waals surface area contributed by atoms with Crippen LogP contribution in [0.2, 0.25) is 0 Å². The van der Waals surface area contributed by atoms with Crippen molar-refractivity contribution in [1.82, 2.24) is 0 Å². The molecule has 1 aromatic carbocycles. The molecule has 0 aliphatic carbocycles. The standard InChI is InChI=1S/C45H72O6/c1-3-5-7-9-11-13-15-17-19-21-23-25-27-29-31-33-44(48)50-41-37-35-40(36-38-43(46)47)39-42(41)51-45(49)34-32-30-28-26-24-22-20-18-16-14-12-10-8-6-4-2/h17-20,35-39H,3-16,21-34H2,1-2H3,(H,46,47)/b19-17?,20-18-,38-36+. The molecule has 0 atom stereocenters. The van der Waals surface area contributed by atoms with Crippen LogP contribution in [0.3, 0.4) is 0 Å². The van der Waals surface area contributed by atoms with E-state index in [1.165, 1.54) is 109 Å². The first-order chi connectivity index (χ1) is 25.0. The Morgan fingerprint density at radius 3 is 1.29 bits per heavy atom. The molecule has 6 heteroatoms. The number of hydrogen-bond acceptors (Lipinski definition) is 5. The number of aliphatic carboxylic acids is 1. The minimum Gasteiger partial charge on any atom is -0.478 e. The Bertz CT molecular complexity index is 1120. The molecule has 288 valence electrons. The van der Waals surface area contributed by atoms with Gasteiger partial charge in [-0.1, -0.05) is 147 Å². The lowest BCUT2D eigenvalue weighted by Crippen LogP contribution is -2.12. The molecule has 1 N–H and O–H groups in total. The molecule has 1 rings (SSSR count). The van der Waals surface area contributed by atoms with Gasteiger partial charge in [0.2, 0.25) is 0 Å². The van der Waals surface area contributed by atoms with E-state index in [1.54, 1.807) is 18.2 Å². The van der Waals surface area contributed by atoms with Gasteiger partial charge < -0.3 is 14.6 Å². The number of unbranched alkanes of at least 4 members (excludes halogenated alkanes) is 22. The smallest absolute Gasteiger partial charge is 0.328 e. The summed E-state index contributed by atoms with van der Waals surface area (Å²) in [4.78, 5) is 36.3. The molecule has 0 aliphatic heterocycles. The molecule has 0 radical (unpaired) electrons. The quantitative estimate of drug-likeness (QED) is 0.0252. The molecule has 0 spiro atoms. The van der Waals surface area contributed by atoms with Crippen molar-refractivity contribution in [2.24, 2.45) is 0 Å². The van der Waals surface area contributed by atoms with Crippen LogP contribution in [0.5, 0.6) is 11.5 Å². The Kier molecular flexibility index (Phi) is 30.5. The highest BCUT2D eigenvalue weighted by Gasteiger charge is 2.15. The van der Waals surface area contributed by atoms with Gasteiger partial charge >= 0.3 is 17.9 Å². The maximum Gasteiger partial charge on any atom is 0.328 e. The van der Waals surface area contributed by atoms with Gasteiger partial charge in [-0.15, -0.1) is 0 Å². The number of hydrogen-bond donors (Lipinski definition) is 1. The van der Waals surface area contributed by atoms with Crippen LogP contribution in [0.4, 0.5) is 0 Å². The van der Waals surface area contributed by atoms with Gasteiger partial charge in [0.15, 0.2) is 11.5 Å². The topological polar surface area (TPSA) is 89.9 Å². The lowest BCUT2D eigenvalue weighted by molar-refractivity contribution is -0.137. The lowest BCUT2D eigenvalue weighted by Gasteiger charge is -2.12. The summed E-state index contributed by atoms with van der Waals surface area (Å²) in [6.45, 7) is 4.50. The van der Waals surface area contributed by atoms with E-state index in [9.17, 15) is 14.4 Å². The monoisotopic (exact) mass is 709 g/mol. The second-order valence-corrected chi connectivity index (χ2v) is 14.0. The molecule has 0 saturated carbocycles. The molecular weight excluding hydrogens is 636 g/mol. The van der Waals surface area contributed by atoms with Crippen LogP contribution in [0.25, 0.3) is 6.08 Å². The third-order valence-electron chi connectivity index (χ3n) is 9.12. The molecule has 0 fully saturated rings. The summed E-state index contributed by atoms with van der Waals surface area (Å²) in [5.74, 6) is -1.51. The first-order valence-electron chi connectivity index (χ1n) is 20.7. The minimum atomic E-state index is -1.08. The second-order valence-electron chi connectivity index (χ2n) is 14.0. The van der Waals surface area contributed by atoms with E-state index in [4.69, 9.17) is 14.6 Å². The fourth-order valence-electron chi connectivity index (χ4n) is 5.99. The normalized spacial score (nSPS) is 11.6. The zero-order chi connectivity index (χ0) is 37.0. The average Bonchev–Trinajstić information content (AvgIpc) is 3.11. The van der Waals surface area contributed by atoms with Gasteiger partial charge in [0.1, 0.15) is 0 Å². The highest BCUT2D eigenvalue weighted by Crippen LogP contribution is 2.30. The first-order valence-corrected chi connectivity index (χ1v) is 20.7. The van der Waals surface area contributed by atoms with Crippen LogP contribution in [0, 0.1) is 0 Å². The van der Waals surface area contributed by atoms with Crippen LogP contribution >= 0.6 is 0 Å². The Morgan fingerprint density at radius 1 is 0.510 bits per heavy atom. The third-order valence-corrected chi connectivity index (χ3v) is 9.12. The van der Waals surface area contributed by atoms with Crippen molar-refractivity contribution in [2.75, 3.05) is 0 Å². The van der Waals surface area contributed by atoms with E-state index < -0.39 is 5.97 Å². The minimum absolute atomic E-state index is 0.137. The van der Waals surface area contributed by atoms with Crippen molar-refractivity contribution >= 4 is 24.0 Å². The summed E-state index contributed by atoms with van der Waals surface area (Å²) in [5.41, 5.74) is 0.540. The van der Waals surface area contributed by atoms with Crippen molar-refractivity contribution in [2.45, 2.75) is 194 Å². The van der Waals surface area contributed by atoms with Crippen molar-refractivity contribution in [1.29, 1.82) is 0 Å². The number of carboxylic acid groups (broad SMARTS) is 1. The molecule has 0 amide bonds. The Hall–Kier alpha value is -3.15. The van der Waals surface area contributed by atoms with Crippen LogP contribution in [-0.2, 0) is 14.4 Å². The number of esters is 2. The van der Waals surface area contributed by atoms with Crippen molar-refractivity contribution < 1.29 is 29.0 Å². The predicted octanol–water partition coefficient (Wildman–Crippen LogP) is 13.7. The van der Waals surface area contributed by atoms with E-state index in [-0.39, 0.29) is 29.9 Å². The number of ether oxygens (including phenoxy) is 2. The molecule has 0 aliphatic rings. The fourth-order valence-corrected chi connectivity index (χ4v) is 5.99. The maximum absolute atomic E-state index is 12.7. The number of carbonyl (C=O) groups excluding carboxylic acids is 2. The largest absolute Gasteiger partial charge is 0.478 e. The molecule has 0 aromatic heterocycles. The van der Waals surface area contributed by atoms with Crippen molar-refractivity contribution in [3.8, 4) is 11.5 Å². The van der Waals surface area contributed by atoms with Crippen LogP contribution in [0.1, 0.15) is 199 Å².